The number of aromatic amines is 1. The van der Waals surface area contributed by atoms with Gasteiger partial charge in [0, 0.05) is 29.7 Å². The average Bonchev–Trinajstić information content (AvgIpc) is 3.11. The average molecular weight is 361 g/mol. The third-order valence-corrected chi connectivity index (χ3v) is 7.01. The number of benzene rings is 2. The summed E-state index contributed by atoms with van der Waals surface area (Å²) >= 11 is 0. The summed E-state index contributed by atoms with van der Waals surface area (Å²) in [4.78, 5) is 6.13. The molecule has 140 valence electrons. The first-order valence-corrected chi connectivity index (χ1v) is 10.3. The van der Waals surface area contributed by atoms with Gasteiger partial charge in [0.05, 0.1) is 0 Å². The van der Waals surface area contributed by atoms with E-state index in [1.165, 1.54) is 60.7 Å². The zero-order chi connectivity index (χ0) is 18.3. The zero-order valence-corrected chi connectivity index (χ0v) is 15.8. The quantitative estimate of drug-likeness (QED) is 0.687. The van der Waals surface area contributed by atoms with E-state index in [1.54, 1.807) is 6.07 Å². The molecule has 2 N–H and O–H groups in total. The molecule has 1 aliphatic carbocycles. The molecule has 0 radical (unpaired) electrons. The van der Waals surface area contributed by atoms with Crippen molar-refractivity contribution < 1.29 is 5.11 Å². The van der Waals surface area contributed by atoms with Crippen molar-refractivity contribution in [2.45, 2.75) is 50.0 Å². The highest BCUT2D eigenvalue weighted by atomic mass is 16.3. The standard InChI is InChI=1S/C24H28N2O/c27-21-7-3-5-19(15-21)24-11-4-6-20(16-24)26(14-12-24)13-10-18-17-25-23-9-2-1-8-22(18)23/h1-3,5,7-9,15,17,20,25,27H,4,6,10-14,16H2/t20-,24+/m1/s1. The minimum Gasteiger partial charge on any atom is -0.508 e. The van der Waals surface area contributed by atoms with E-state index in [0.29, 0.717) is 11.8 Å². The maximum atomic E-state index is 9.95. The van der Waals surface area contributed by atoms with E-state index in [4.69, 9.17) is 0 Å². The minimum atomic E-state index is 0.277. The Balaban J connectivity index is 1.31. The molecule has 2 aliphatic rings. The van der Waals surface area contributed by atoms with Crippen LogP contribution in [0, 0.1) is 0 Å². The topological polar surface area (TPSA) is 39.3 Å². The molecule has 1 aromatic heterocycles. The van der Waals surface area contributed by atoms with E-state index in [9.17, 15) is 5.11 Å². The second kappa shape index (κ2) is 6.72. The number of hydrogen-bond acceptors (Lipinski definition) is 2. The molecular weight excluding hydrogens is 332 g/mol. The monoisotopic (exact) mass is 360 g/mol. The molecule has 3 nitrogen and oxygen atoms in total. The molecule has 2 bridgehead atoms. The maximum absolute atomic E-state index is 9.95. The van der Waals surface area contributed by atoms with Crippen molar-refractivity contribution in [2.24, 2.45) is 0 Å². The van der Waals surface area contributed by atoms with Crippen LogP contribution in [0.1, 0.15) is 43.2 Å². The Kier molecular flexibility index (Phi) is 4.20. The van der Waals surface area contributed by atoms with Crippen LogP contribution in [-0.2, 0) is 11.8 Å². The summed E-state index contributed by atoms with van der Waals surface area (Å²) in [5.74, 6) is 0.408. The molecule has 0 spiro atoms. The van der Waals surface area contributed by atoms with Crippen molar-refractivity contribution in [1.82, 2.24) is 9.88 Å². The number of hydrogen-bond donors (Lipinski definition) is 2. The van der Waals surface area contributed by atoms with E-state index < -0.39 is 0 Å². The van der Waals surface area contributed by atoms with Crippen molar-refractivity contribution in [3.8, 4) is 5.75 Å². The first-order valence-electron chi connectivity index (χ1n) is 10.3. The summed E-state index contributed by atoms with van der Waals surface area (Å²) < 4.78 is 0. The predicted octanol–water partition coefficient (Wildman–Crippen LogP) is 5.00. The summed E-state index contributed by atoms with van der Waals surface area (Å²) in [6, 6.07) is 17.3. The fraction of sp³-hybridized carbons (Fsp3) is 0.417. The maximum Gasteiger partial charge on any atom is 0.115 e. The van der Waals surface area contributed by atoms with Gasteiger partial charge in [-0.3, -0.25) is 4.90 Å². The lowest BCUT2D eigenvalue weighted by molar-refractivity contribution is 0.0525. The van der Waals surface area contributed by atoms with Crippen LogP contribution in [0.15, 0.2) is 54.7 Å². The van der Waals surface area contributed by atoms with Gasteiger partial charge in [-0.2, -0.15) is 0 Å². The summed E-state index contributed by atoms with van der Waals surface area (Å²) in [5, 5.41) is 11.3. The van der Waals surface area contributed by atoms with Crippen LogP contribution in [0.2, 0.25) is 0 Å². The number of rotatable bonds is 4. The van der Waals surface area contributed by atoms with Crippen molar-refractivity contribution in [1.29, 1.82) is 0 Å². The molecule has 5 rings (SSSR count). The highest BCUT2D eigenvalue weighted by Crippen LogP contribution is 2.47. The van der Waals surface area contributed by atoms with E-state index in [2.05, 4.69) is 46.4 Å². The second-order valence-corrected chi connectivity index (χ2v) is 8.48. The van der Waals surface area contributed by atoms with Crippen LogP contribution in [0.5, 0.6) is 5.75 Å². The first kappa shape index (κ1) is 16.9. The van der Waals surface area contributed by atoms with Crippen LogP contribution < -0.4 is 0 Å². The number of para-hydroxylation sites is 1. The molecule has 0 amide bonds. The number of phenols is 1. The molecule has 3 aromatic rings. The number of H-pyrrole nitrogens is 1. The van der Waals surface area contributed by atoms with Crippen molar-refractivity contribution >= 4 is 10.9 Å². The van der Waals surface area contributed by atoms with Crippen LogP contribution in [0.25, 0.3) is 10.9 Å². The van der Waals surface area contributed by atoms with E-state index in [0.717, 1.165) is 13.0 Å². The van der Waals surface area contributed by atoms with Crippen LogP contribution in [-0.4, -0.2) is 34.1 Å². The molecule has 2 atom stereocenters. The first-order chi connectivity index (χ1) is 13.2. The second-order valence-electron chi connectivity index (χ2n) is 8.48. The molecule has 27 heavy (non-hydrogen) atoms. The van der Waals surface area contributed by atoms with Gasteiger partial charge in [0.2, 0.25) is 0 Å². The Bertz CT molecular complexity index is 946. The van der Waals surface area contributed by atoms with Gasteiger partial charge in [-0.15, -0.1) is 0 Å². The Labute approximate surface area is 161 Å². The Morgan fingerprint density at radius 1 is 1.11 bits per heavy atom. The van der Waals surface area contributed by atoms with Crippen molar-refractivity contribution in [2.75, 3.05) is 13.1 Å². The van der Waals surface area contributed by atoms with Crippen LogP contribution in [0.4, 0.5) is 0 Å². The van der Waals surface area contributed by atoms with Crippen molar-refractivity contribution in [3.05, 3.63) is 65.9 Å². The number of phenolic OH excluding ortho intramolecular Hbond substituents is 1. The molecule has 0 unspecified atom stereocenters. The van der Waals surface area contributed by atoms with Gasteiger partial charge in [0.25, 0.3) is 0 Å². The van der Waals surface area contributed by atoms with Gasteiger partial charge in [-0.05, 0) is 73.4 Å². The van der Waals surface area contributed by atoms with Crippen LogP contribution in [0.3, 0.4) is 0 Å². The third kappa shape index (κ3) is 3.04. The predicted molar refractivity (Wildman–Crippen MR) is 110 cm³/mol. The number of nitrogens with one attached hydrogen (secondary N) is 1. The van der Waals surface area contributed by atoms with Gasteiger partial charge in [-0.1, -0.05) is 36.8 Å². The molecule has 1 saturated carbocycles. The third-order valence-electron chi connectivity index (χ3n) is 7.01. The van der Waals surface area contributed by atoms with E-state index >= 15 is 0 Å². The molecule has 3 heteroatoms. The molecule has 1 aliphatic heterocycles. The molecule has 2 fully saturated rings. The zero-order valence-electron chi connectivity index (χ0n) is 15.8. The van der Waals surface area contributed by atoms with Crippen LogP contribution >= 0.6 is 0 Å². The smallest absolute Gasteiger partial charge is 0.115 e. The summed E-state index contributed by atoms with van der Waals surface area (Å²) in [6.07, 6.45) is 9.62. The van der Waals surface area contributed by atoms with E-state index in [-0.39, 0.29) is 5.41 Å². The lowest BCUT2D eigenvalue weighted by atomic mass is 9.63. The highest BCUT2D eigenvalue weighted by Gasteiger charge is 2.43. The number of piperidine rings is 1. The molecular formula is C24H28N2O. The molecule has 1 saturated heterocycles. The summed E-state index contributed by atoms with van der Waals surface area (Å²) in [5.41, 5.74) is 4.31. The van der Waals surface area contributed by atoms with Gasteiger partial charge >= 0.3 is 0 Å². The van der Waals surface area contributed by atoms with Crippen molar-refractivity contribution in [3.63, 3.8) is 0 Å². The Hall–Kier alpha value is -2.26. The largest absolute Gasteiger partial charge is 0.508 e. The minimum absolute atomic E-state index is 0.277. The van der Waals surface area contributed by atoms with Gasteiger partial charge in [-0.25, -0.2) is 0 Å². The fourth-order valence-electron chi connectivity index (χ4n) is 5.55. The lowest BCUT2D eigenvalue weighted by Gasteiger charge is -2.51. The number of aromatic hydroxyl groups is 1. The SMILES string of the molecule is Oc1cccc([C@]23CCC[C@H](C2)N(CCc2c[nH]c4ccccc24)CC3)c1. The van der Waals surface area contributed by atoms with Gasteiger partial charge in [0.15, 0.2) is 0 Å². The number of nitrogens with zero attached hydrogens (tertiary/aromatic N) is 1. The normalized spacial score (nSPS) is 25.7. The highest BCUT2D eigenvalue weighted by molar-refractivity contribution is 5.83. The Morgan fingerprint density at radius 3 is 2.96 bits per heavy atom. The molecule has 2 heterocycles. The number of fused-ring (bicyclic) bond motifs is 3. The lowest BCUT2D eigenvalue weighted by Crippen LogP contribution is -2.52. The Morgan fingerprint density at radius 2 is 2.04 bits per heavy atom. The molecule has 2 aromatic carbocycles. The number of likely N-dealkylation sites (tertiary alicyclic amines) is 1. The van der Waals surface area contributed by atoms with E-state index in [1.807, 2.05) is 12.1 Å². The fourth-order valence-corrected chi connectivity index (χ4v) is 5.55. The van der Waals surface area contributed by atoms with Gasteiger partial charge in [0.1, 0.15) is 5.75 Å². The summed E-state index contributed by atoms with van der Waals surface area (Å²) in [7, 11) is 0. The number of aromatic nitrogens is 1. The summed E-state index contributed by atoms with van der Waals surface area (Å²) in [6.45, 7) is 2.31. The van der Waals surface area contributed by atoms with Gasteiger partial charge < -0.3 is 10.1 Å².